The fourth-order valence-electron chi connectivity index (χ4n) is 0.648. The van der Waals surface area contributed by atoms with E-state index in [-0.39, 0.29) is 0 Å². The molecule has 1 aliphatic rings. The van der Waals surface area contributed by atoms with Gasteiger partial charge in [0.1, 0.15) is 0 Å². The van der Waals surface area contributed by atoms with Gasteiger partial charge >= 0.3 is 0 Å². The molecule has 1 fully saturated rings. The van der Waals surface area contributed by atoms with E-state index in [1.807, 2.05) is 31.4 Å². The summed E-state index contributed by atoms with van der Waals surface area (Å²) in [6.45, 7) is 0. The Kier molecular flexibility index (Phi) is 3.61. The first-order chi connectivity index (χ1) is 4.30. The van der Waals surface area contributed by atoms with Gasteiger partial charge in [0.25, 0.3) is 0 Å². The van der Waals surface area contributed by atoms with Crippen LogP contribution in [0.15, 0.2) is 0 Å². The highest BCUT2D eigenvalue weighted by atomic mass is 33.5. The molecule has 0 saturated carbocycles. The molecule has 9 heavy (non-hydrogen) atoms. The second-order valence-corrected chi connectivity index (χ2v) is 6.63. The monoisotopic (exact) mass is 181 g/mol. The molecule has 1 saturated heterocycles. The molecule has 0 radical (unpaired) electrons. The van der Waals surface area contributed by atoms with E-state index in [0.717, 1.165) is 5.37 Å². The fourth-order valence-corrected chi connectivity index (χ4v) is 5.38. The minimum atomic E-state index is 0.747. The molecule has 0 amide bonds. The summed E-state index contributed by atoms with van der Waals surface area (Å²) < 4.78 is 0. The summed E-state index contributed by atoms with van der Waals surface area (Å²) in [6, 6.07) is 0. The van der Waals surface area contributed by atoms with Crippen molar-refractivity contribution in [2.24, 2.45) is 0 Å². The van der Waals surface area contributed by atoms with Crippen LogP contribution in [0.1, 0.15) is 6.42 Å². The Hall–Kier alpha value is 1.01. The first-order valence-corrected chi connectivity index (χ1v) is 6.63. The van der Waals surface area contributed by atoms with Gasteiger partial charge in [0.05, 0.1) is 5.37 Å². The van der Waals surface area contributed by atoms with Gasteiger partial charge in [0, 0.05) is 5.75 Å². The van der Waals surface area contributed by atoms with Crippen LogP contribution in [-0.2, 0) is 0 Å². The van der Waals surface area contributed by atoms with E-state index in [0.29, 0.717) is 0 Å². The quantitative estimate of drug-likeness (QED) is 0.571. The molecule has 0 aromatic carbocycles. The molecule has 1 unspecified atom stereocenters. The molecule has 1 heterocycles. The highest BCUT2D eigenvalue weighted by molar-refractivity contribution is 9.09. The van der Waals surface area contributed by atoms with Crippen molar-refractivity contribution in [3.63, 3.8) is 0 Å². The lowest BCUT2D eigenvalue weighted by molar-refractivity contribution is 0.379. The Morgan fingerprint density at radius 2 is 2.22 bits per heavy atom. The Morgan fingerprint density at radius 1 is 1.44 bits per heavy atom. The van der Waals surface area contributed by atoms with Crippen molar-refractivity contribution in [2.45, 2.75) is 11.8 Å². The van der Waals surface area contributed by atoms with Gasteiger partial charge in [0.15, 0.2) is 0 Å². The first kappa shape index (κ1) is 8.11. The summed E-state index contributed by atoms with van der Waals surface area (Å²) in [5, 5.41) is 0.747. The lowest BCUT2D eigenvalue weighted by atomic mass is 10.4. The number of nitrogens with zero attached hydrogens (tertiary/aromatic N) is 1. The highest BCUT2D eigenvalue weighted by Crippen LogP contribution is 2.44. The third-order valence-electron chi connectivity index (χ3n) is 1.22. The van der Waals surface area contributed by atoms with E-state index in [1.54, 1.807) is 0 Å². The van der Waals surface area contributed by atoms with Crippen LogP contribution in [0.5, 0.6) is 0 Å². The van der Waals surface area contributed by atoms with Crippen LogP contribution in [0.2, 0.25) is 0 Å². The number of hydrogen-bond acceptors (Lipinski definition) is 4. The van der Waals surface area contributed by atoms with Crippen LogP contribution >= 0.6 is 31.4 Å². The van der Waals surface area contributed by atoms with Crippen molar-refractivity contribution in [2.75, 3.05) is 19.8 Å². The largest absolute Gasteiger partial charge is 0.297 e. The summed E-state index contributed by atoms with van der Waals surface area (Å²) in [5.74, 6) is 1.31. The summed E-state index contributed by atoms with van der Waals surface area (Å²) >= 11 is 0. The van der Waals surface area contributed by atoms with Crippen LogP contribution in [0.25, 0.3) is 0 Å². The fraction of sp³-hybridized carbons (Fsp3) is 1.00. The Morgan fingerprint density at radius 3 is 2.56 bits per heavy atom. The molecule has 4 heteroatoms. The van der Waals surface area contributed by atoms with E-state index in [9.17, 15) is 0 Å². The van der Waals surface area contributed by atoms with Crippen LogP contribution in [-0.4, -0.2) is 30.1 Å². The minimum Gasteiger partial charge on any atom is -0.297 e. The first-order valence-electron chi connectivity index (χ1n) is 2.92. The van der Waals surface area contributed by atoms with E-state index in [1.165, 1.54) is 12.2 Å². The molecule has 1 nitrogen and oxygen atoms in total. The van der Waals surface area contributed by atoms with Gasteiger partial charge in [0.2, 0.25) is 0 Å². The standard InChI is InChI=1S/C5H11NS3/c1-6(2)5-3-4-7-9-8-5/h5H,3-4H2,1-2H3. The molecule has 1 aliphatic heterocycles. The summed E-state index contributed by atoms with van der Waals surface area (Å²) in [6.07, 6.45) is 1.33. The van der Waals surface area contributed by atoms with Crippen molar-refractivity contribution < 1.29 is 0 Å². The lowest BCUT2D eigenvalue weighted by Gasteiger charge is -2.25. The average Bonchev–Trinajstić information content (AvgIpc) is 1.90. The topological polar surface area (TPSA) is 3.24 Å². The van der Waals surface area contributed by atoms with Crippen LogP contribution < -0.4 is 0 Å². The van der Waals surface area contributed by atoms with Gasteiger partial charge in [-0.05, 0) is 30.3 Å². The maximum absolute atomic E-state index is 2.29. The Balaban J connectivity index is 2.23. The van der Waals surface area contributed by atoms with Gasteiger partial charge in [-0.15, -0.1) is 0 Å². The van der Waals surface area contributed by atoms with Crippen molar-refractivity contribution in [1.29, 1.82) is 0 Å². The molecule has 54 valence electrons. The van der Waals surface area contributed by atoms with Gasteiger partial charge in [-0.2, -0.15) is 0 Å². The SMILES string of the molecule is CN(C)C1CCSSS1. The molecular weight excluding hydrogens is 170 g/mol. The highest BCUT2D eigenvalue weighted by Gasteiger charge is 2.16. The summed E-state index contributed by atoms with van der Waals surface area (Å²) in [7, 11) is 10.2. The zero-order valence-electron chi connectivity index (χ0n) is 5.66. The Labute approximate surface area is 68.1 Å². The van der Waals surface area contributed by atoms with Gasteiger partial charge in [-0.3, -0.25) is 4.90 Å². The molecule has 1 atom stereocenters. The molecule has 0 aromatic rings. The average molecular weight is 181 g/mol. The smallest absolute Gasteiger partial charge is 0.0673 e. The summed E-state index contributed by atoms with van der Waals surface area (Å²) in [4.78, 5) is 2.29. The van der Waals surface area contributed by atoms with Crippen LogP contribution in [0.4, 0.5) is 0 Å². The molecule has 0 aliphatic carbocycles. The van der Waals surface area contributed by atoms with Crippen LogP contribution in [0, 0.1) is 0 Å². The van der Waals surface area contributed by atoms with Crippen molar-refractivity contribution in [1.82, 2.24) is 4.90 Å². The summed E-state index contributed by atoms with van der Waals surface area (Å²) in [5.41, 5.74) is 0. The van der Waals surface area contributed by atoms with Gasteiger partial charge < -0.3 is 0 Å². The maximum Gasteiger partial charge on any atom is 0.0673 e. The third-order valence-corrected chi connectivity index (χ3v) is 5.94. The zero-order chi connectivity index (χ0) is 6.69. The van der Waals surface area contributed by atoms with E-state index < -0.39 is 0 Å². The lowest BCUT2D eigenvalue weighted by Crippen LogP contribution is -2.25. The van der Waals surface area contributed by atoms with Crippen molar-refractivity contribution >= 4 is 31.4 Å². The van der Waals surface area contributed by atoms with Crippen LogP contribution in [0.3, 0.4) is 0 Å². The molecule has 0 bridgehead atoms. The van der Waals surface area contributed by atoms with E-state index in [4.69, 9.17) is 0 Å². The zero-order valence-corrected chi connectivity index (χ0v) is 8.11. The van der Waals surface area contributed by atoms with Crippen molar-refractivity contribution in [3.05, 3.63) is 0 Å². The normalized spacial score (nSPS) is 29.0. The van der Waals surface area contributed by atoms with Crippen molar-refractivity contribution in [3.8, 4) is 0 Å². The second kappa shape index (κ2) is 4.01. The predicted molar refractivity (Wildman–Crippen MR) is 49.7 cm³/mol. The number of rotatable bonds is 1. The number of hydrogen-bond donors (Lipinski definition) is 0. The van der Waals surface area contributed by atoms with Gasteiger partial charge in [-0.25, -0.2) is 0 Å². The maximum atomic E-state index is 2.29. The molecular formula is C5H11NS3. The Bertz CT molecular complexity index is 80.3. The third kappa shape index (κ3) is 2.62. The van der Waals surface area contributed by atoms with E-state index >= 15 is 0 Å². The molecule has 0 N–H and O–H groups in total. The van der Waals surface area contributed by atoms with E-state index in [2.05, 4.69) is 19.0 Å². The molecule has 1 rings (SSSR count). The molecule has 0 spiro atoms. The predicted octanol–water partition coefficient (Wildman–Crippen LogP) is 2.31. The van der Waals surface area contributed by atoms with Gasteiger partial charge in [-0.1, -0.05) is 21.6 Å². The molecule has 0 aromatic heterocycles. The second-order valence-electron chi connectivity index (χ2n) is 2.19. The minimum absolute atomic E-state index is 0.747.